The van der Waals surface area contributed by atoms with E-state index in [1.807, 2.05) is 56.3 Å². The number of nitrogens with zero attached hydrogens (tertiary/aromatic N) is 1. The van der Waals surface area contributed by atoms with E-state index in [0.717, 1.165) is 22.9 Å². The van der Waals surface area contributed by atoms with Crippen molar-refractivity contribution < 1.29 is 23.8 Å². The molecule has 196 valence electrons. The number of amides is 1. The standard InChI is InChI=1S/C29H26BrNO5S2/c1-4-35-23-15-20(14-22(30)26(23)36-17-19-12-10-18(2)11-13-19)16-24-27(32)31(29(37)38-24)25(28(33)34-3)21-8-6-5-7-9-21/h5-16,25H,4,17H2,1-3H3/b24-16-. The summed E-state index contributed by atoms with van der Waals surface area (Å²) in [5, 5.41) is 0. The van der Waals surface area contributed by atoms with Gasteiger partial charge in [-0.15, -0.1) is 0 Å². The molecule has 0 aromatic heterocycles. The van der Waals surface area contributed by atoms with E-state index in [2.05, 4.69) is 15.9 Å². The molecule has 0 radical (unpaired) electrons. The van der Waals surface area contributed by atoms with E-state index in [-0.39, 0.29) is 10.2 Å². The summed E-state index contributed by atoms with van der Waals surface area (Å²) < 4.78 is 17.9. The Labute approximate surface area is 240 Å². The summed E-state index contributed by atoms with van der Waals surface area (Å²) in [6.45, 7) is 4.76. The molecule has 1 aliphatic rings. The third kappa shape index (κ3) is 6.28. The van der Waals surface area contributed by atoms with Gasteiger partial charge in [-0.2, -0.15) is 0 Å². The second-order valence-corrected chi connectivity index (χ2v) is 11.0. The quantitative estimate of drug-likeness (QED) is 0.149. The van der Waals surface area contributed by atoms with Crippen LogP contribution in [0.5, 0.6) is 11.5 Å². The van der Waals surface area contributed by atoms with Crippen molar-refractivity contribution in [2.75, 3.05) is 13.7 Å². The maximum Gasteiger partial charge on any atom is 0.333 e. The summed E-state index contributed by atoms with van der Waals surface area (Å²) in [5.41, 5.74) is 3.56. The van der Waals surface area contributed by atoms with Crippen LogP contribution < -0.4 is 9.47 Å². The number of methoxy groups -OCH3 is 1. The maximum absolute atomic E-state index is 13.5. The number of carbonyl (C=O) groups excluding carboxylic acids is 2. The molecule has 1 saturated heterocycles. The summed E-state index contributed by atoms with van der Waals surface area (Å²) >= 11 is 10.3. The maximum atomic E-state index is 13.5. The van der Waals surface area contributed by atoms with Crippen LogP contribution in [0.15, 0.2) is 76.1 Å². The fourth-order valence-electron chi connectivity index (χ4n) is 3.91. The van der Waals surface area contributed by atoms with Crippen molar-refractivity contribution in [2.24, 2.45) is 0 Å². The highest BCUT2D eigenvalue weighted by Gasteiger charge is 2.41. The van der Waals surface area contributed by atoms with E-state index in [0.29, 0.717) is 39.7 Å². The average molecular weight is 613 g/mol. The Hall–Kier alpha value is -3.14. The molecule has 6 nitrogen and oxygen atoms in total. The zero-order valence-corrected chi connectivity index (χ0v) is 24.3. The molecule has 1 atom stereocenters. The van der Waals surface area contributed by atoms with Gasteiger partial charge in [0.25, 0.3) is 5.91 Å². The van der Waals surface area contributed by atoms with E-state index in [4.69, 9.17) is 26.4 Å². The minimum Gasteiger partial charge on any atom is -0.490 e. The number of rotatable bonds is 9. The van der Waals surface area contributed by atoms with Crippen molar-refractivity contribution >= 4 is 62.2 Å². The smallest absolute Gasteiger partial charge is 0.333 e. The van der Waals surface area contributed by atoms with Gasteiger partial charge in [-0.3, -0.25) is 9.69 Å². The van der Waals surface area contributed by atoms with Crippen LogP contribution in [-0.4, -0.2) is 34.8 Å². The Balaban J connectivity index is 1.62. The van der Waals surface area contributed by atoms with Gasteiger partial charge in [-0.1, -0.05) is 84.1 Å². The molecule has 9 heteroatoms. The molecule has 0 saturated carbocycles. The normalized spacial score (nSPS) is 15.1. The van der Waals surface area contributed by atoms with E-state index >= 15 is 0 Å². The monoisotopic (exact) mass is 611 g/mol. The first-order valence-corrected chi connectivity index (χ1v) is 13.9. The number of esters is 1. The summed E-state index contributed by atoms with van der Waals surface area (Å²) in [4.78, 5) is 27.9. The van der Waals surface area contributed by atoms with Crippen LogP contribution in [0.25, 0.3) is 6.08 Å². The fourth-order valence-corrected chi connectivity index (χ4v) is 5.79. The molecular formula is C29H26BrNO5S2. The first-order chi connectivity index (χ1) is 18.3. The number of halogens is 1. The van der Waals surface area contributed by atoms with E-state index in [9.17, 15) is 9.59 Å². The van der Waals surface area contributed by atoms with Gasteiger partial charge in [0.1, 0.15) is 10.9 Å². The van der Waals surface area contributed by atoms with Crippen LogP contribution in [-0.2, 0) is 20.9 Å². The topological polar surface area (TPSA) is 65.1 Å². The van der Waals surface area contributed by atoms with E-state index in [1.54, 1.807) is 30.3 Å². The van der Waals surface area contributed by atoms with Crippen LogP contribution in [0.4, 0.5) is 0 Å². The van der Waals surface area contributed by atoms with Crippen LogP contribution in [0.3, 0.4) is 0 Å². The number of benzene rings is 3. The van der Waals surface area contributed by atoms with Gasteiger partial charge in [-0.05, 0) is 64.7 Å². The van der Waals surface area contributed by atoms with Gasteiger partial charge in [0.05, 0.1) is 23.1 Å². The molecule has 0 aliphatic carbocycles. The third-order valence-corrected chi connectivity index (χ3v) is 7.67. The molecule has 3 aromatic rings. The predicted molar refractivity (Wildman–Crippen MR) is 157 cm³/mol. The van der Waals surface area contributed by atoms with Crippen molar-refractivity contribution in [3.05, 3.63) is 98.4 Å². The van der Waals surface area contributed by atoms with Crippen molar-refractivity contribution in [3.63, 3.8) is 0 Å². The number of aryl methyl sites for hydroxylation is 1. The lowest BCUT2D eigenvalue weighted by molar-refractivity contribution is -0.148. The van der Waals surface area contributed by atoms with Gasteiger partial charge in [0.2, 0.25) is 0 Å². The summed E-state index contributed by atoms with van der Waals surface area (Å²) in [6, 6.07) is 19.8. The Morgan fingerprint density at radius 1 is 1.11 bits per heavy atom. The minimum atomic E-state index is -0.970. The highest BCUT2D eigenvalue weighted by atomic mass is 79.9. The number of hydrogen-bond donors (Lipinski definition) is 0. The Bertz CT molecular complexity index is 1380. The van der Waals surface area contributed by atoms with Crippen molar-refractivity contribution in [3.8, 4) is 11.5 Å². The fraction of sp³-hybridized carbons (Fsp3) is 0.207. The molecule has 4 rings (SSSR count). The Morgan fingerprint density at radius 3 is 2.47 bits per heavy atom. The van der Waals surface area contributed by atoms with Crippen LogP contribution in [0.1, 0.15) is 35.2 Å². The van der Waals surface area contributed by atoms with E-state index in [1.165, 1.54) is 17.6 Å². The highest BCUT2D eigenvalue weighted by Crippen LogP contribution is 2.41. The third-order valence-electron chi connectivity index (χ3n) is 5.75. The molecule has 0 spiro atoms. The highest BCUT2D eigenvalue weighted by molar-refractivity contribution is 9.10. The van der Waals surface area contributed by atoms with Gasteiger partial charge in [0.15, 0.2) is 17.5 Å². The summed E-state index contributed by atoms with van der Waals surface area (Å²) in [6.07, 6.45) is 1.73. The van der Waals surface area contributed by atoms with Crippen molar-refractivity contribution in [2.45, 2.75) is 26.5 Å². The molecular weight excluding hydrogens is 586 g/mol. The van der Waals surface area contributed by atoms with Crippen LogP contribution in [0.2, 0.25) is 0 Å². The van der Waals surface area contributed by atoms with Gasteiger partial charge in [0, 0.05) is 0 Å². The average Bonchev–Trinajstić information content (AvgIpc) is 3.18. The lowest BCUT2D eigenvalue weighted by Gasteiger charge is -2.24. The molecule has 1 unspecified atom stereocenters. The number of thiocarbonyl (C=S) groups is 1. The molecule has 0 bridgehead atoms. The number of carbonyl (C=O) groups is 2. The molecule has 38 heavy (non-hydrogen) atoms. The first kappa shape index (κ1) is 27.9. The summed E-state index contributed by atoms with van der Waals surface area (Å²) in [7, 11) is 1.29. The predicted octanol–water partition coefficient (Wildman–Crippen LogP) is 6.85. The van der Waals surface area contributed by atoms with Crippen LogP contribution in [0, 0.1) is 6.92 Å². The van der Waals surface area contributed by atoms with Gasteiger partial charge >= 0.3 is 5.97 Å². The number of ether oxygens (including phenoxy) is 3. The second-order valence-electron chi connectivity index (χ2n) is 8.43. The summed E-state index contributed by atoms with van der Waals surface area (Å²) in [5.74, 6) is 0.192. The molecule has 1 heterocycles. The molecule has 1 aliphatic heterocycles. The zero-order chi connectivity index (χ0) is 27.2. The lowest BCUT2D eigenvalue weighted by Crippen LogP contribution is -2.37. The lowest BCUT2D eigenvalue weighted by atomic mass is 10.1. The molecule has 3 aromatic carbocycles. The Kier molecular flexibility index (Phi) is 9.25. The van der Waals surface area contributed by atoms with Crippen molar-refractivity contribution in [1.82, 2.24) is 4.90 Å². The first-order valence-electron chi connectivity index (χ1n) is 11.9. The molecule has 1 fully saturated rings. The Morgan fingerprint density at radius 2 is 1.82 bits per heavy atom. The zero-order valence-electron chi connectivity index (χ0n) is 21.1. The molecule has 0 N–H and O–H groups in total. The second kappa shape index (κ2) is 12.6. The molecule has 1 amide bonds. The van der Waals surface area contributed by atoms with Crippen LogP contribution >= 0.6 is 39.9 Å². The SMILES string of the molecule is CCOc1cc(/C=C2\SC(=S)N(C(C(=O)OC)c3ccccc3)C2=O)cc(Br)c1OCc1ccc(C)cc1. The van der Waals surface area contributed by atoms with Gasteiger partial charge in [-0.25, -0.2) is 4.79 Å². The minimum absolute atomic E-state index is 0.280. The van der Waals surface area contributed by atoms with Crippen molar-refractivity contribution in [1.29, 1.82) is 0 Å². The number of hydrogen-bond acceptors (Lipinski definition) is 7. The van der Waals surface area contributed by atoms with E-state index < -0.39 is 12.0 Å². The largest absolute Gasteiger partial charge is 0.490 e. The van der Waals surface area contributed by atoms with Gasteiger partial charge < -0.3 is 14.2 Å². The number of thioether (sulfide) groups is 1.